The molecule has 4 nitrogen and oxygen atoms in total. The molecule has 23 heavy (non-hydrogen) atoms. The Balaban J connectivity index is 1.95. The van der Waals surface area contributed by atoms with Gasteiger partial charge < -0.3 is 4.74 Å². The van der Waals surface area contributed by atoms with E-state index in [9.17, 15) is 0 Å². The highest BCUT2D eigenvalue weighted by Crippen LogP contribution is 2.14. The zero-order chi connectivity index (χ0) is 16.5. The summed E-state index contributed by atoms with van der Waals surface area (Å²) in [7, 11) is 2.10. The maximum Gasteiger partial charge on any atom is 0.213 e. The van der Waals surface area contributed by atoms with Gasteiger partial charge in [-0.1, -0.05) is 12.1 Å². The molecule has 2 aromatic rings. The Morgan fingerprint density at radius 3 is 2.91 bits per heavy atom. The van der Waals surface area contributed by atoms with Gasteiger partial charge in [0.2, 0.25) is 5.88 Å². The van der Waals surface area contributed by atoms with E-state index in [0.29, 0.717) is 5.88 Å². The summed E-state index contributed by atoms with van der Waals surface area (Å²) in [6.45, 7) is 7.53. The molecule has 0 aliphatic carbocycles. The van der Waals surface area contributed by atoms with E-state index in [-0.39, 0.29) is 6.10 Å². The van der Waals surface area contributed by atoms with Crippen LogP contribution in [0.4, 0.5) is 0 Å². The predicted octanol–water partition coefficient (Wildman–Crippen LogP) is 3.63. The molecule has 0 radical (unpaired) electrons. The summed E-state index contributed by atoms with van der Waals surface area (Å²) < 4.78 is 6.09. The Morgan fingerprint density at radius 1 is 1.35 bits per heavy atom. The Morgan fingerprint density at radius 2 is 2.22 bits per heavy atom. The van der Waals surface area contributed by atoms with Gasteiger partial charge in [-0.25, -0.2) is 4.98 Å². The third-order valence-corrected chi connectivity index (χ3v) is 3.56. The largest absolute Gasteiger partial charge is 0.473 e. The van der Waals surface area contributed by atoms with Crippen molar-refractivity contribution in [3.05, 3.63) is 66.6 Å². The lowest BCUT2D eigenvalue weighted by Crippen LogP contribution is -2.33. The molecule has 122 valence electrons. The quantitative estimate of drug-likeness (QED) is 0.663. The number of ether oxygens (including phenoxy) is 1. The predicted molar refractivity (Wildman–Crippen MR) is 93.4 cm³/mol. The fourth-order valence-electron chi connectivity index (χ4n) is 2.45. The monoisotopic (exact) mass is 311 g/mol. The fraction of sp³-hybridized carbons (Fsp3) is 0.368. The first-order valence-electron chi connectivity index (χ1n) is 7.95. The molecule has 0 aliphatic rings. The second-order valence-electron chi connectivity index (χ2n) is 5.84. The van der Waals surface area contributed by atoms with Crippen LogP contribution >= 0.6 is 0 Å². The Bertz CT molecular complexity index is 601. The SMILES string of the molecule is C=CCC[C@@H](CN(C)Cc1cccnc1)Oc1cc(C)ccn1. The van der Waals surface area contributed by atoms with Gasteiger partial charge in [0.1, 0.15) is 6.10 Å². The van der Waals surface area contributed by atoms with Crippen LogP contribution in [0.15, 0.2) is 55.5 Å². The van der Waals surface area contributed by atoms with E-state index in [1.165, 1.54) is 5.56 Å². The van der Waals surface area contributed by atoms with Gasteiger partial charge in [0.25, 0.3) is 0 Å². The van der Waals surface area contributed by atoms with Gasteiger partial charge in [0, 0.05) is 37.7 Å². The van der Waals surface area contributed by atoms with Gasteiger partial charge in [-0.2, -0.15) is 0 Å². The van der Waals surface area contributed by atoms with Crippen molar-refractivity contribution in [1.82, 2.24) is 14.9 Å². The second kappa shape index (κ2) is 9.06. The zero-order valence-electron chi connectivity index (χ0n) is 14.0. The maximum absolute atomic E-state index is 6.09. The molecule has 0 saturated heterocycles. The standard InChI is InChI=1S/C19H25N3O/c1-4-5-8-18(23-19-12-16(2)9-11-21-19)15-22(3)14-17-7-6-10-20-13-17/h4,6-7,9-13,18H,1,5,8,14-15H2,2-3H3/t18-/m0/s1. The van der Waals surface area contributed by atoms with Crippen molar-refractivity contribution in [2.24, 2.45) is 0 Å². The molecular formula is C19H25N3O. The van der Waals surface area contributed by atoms with Crippen LogP contribution in [0.3, 0.4) is 0 Å². The molecule has 0 aliphatic heterocycles. The van der Waals surface area contributed by atoms with Crippen molar-refractivity contribution < 1.29 is 4.74 Å². The summed E-state index contributed by atoms with van der Waals surface area (Å²) >= 11 is 0. The minimum Gasteiger partial charge on any atom is -0.473 e. The van der Waals surface area contributed by atoms with Gasteiger partial charge in [-0.05, 0) is 50.1 Å². The average Bonchev–Trinajstić information content (AvgIpc) is 2.53. The molecule has 0 saturated carbocycles. The number of allylic oxidation sites excluding steroid dienone is 1. The molecule has 2 heterocycles. The van der Waals surface area contributed by atoms with Crippen molar-refractivity contribution in [2.75, 3.05) is 13.6 Å². The number of rotatable bonds is 9. The van der Waals surface area contributed by atoms with Crippen LogP contribution in [0.5, 0.6) is 5.88 Å². The number of pyridine rings is 2. The van der Waals surface area contributed by atoms with Crippen LogP contribution in [0.1, 0.15) is 24.0 Å². The summed E-state index contributed by atoms with van der Waals surface area (Å²) in [6, 6.07) is 8.00. The molecule has 0 aromatic carbocycles. The smallest absolute Gasteiger partial charge is 0.213 e. The highest BCUT2D eigenvalue weighted by molar-refractivity contribution is 5.19. The molecule has 0 N–H and O–H groups in total. The lowest BCUT2D eigenvalue weighted by atomic mass is 10.1. The van der Waals surface area contributed by atoms with Crippen LogP contribution in [-0.2, 0) is 6.54 Å². The topological polar surface area (TPSA) is 38.2 Å². The number of hydrogen-bond acceptors (Lipinski definition) is 4. The third kappa shape index (κ3) is 6.20. The van der Waals surface area contributed by atoms with E-state index in [2.05, 4.69) is 34.6 Å². The summed E-state index contributed by atoms with van der Waals surface area (Å²) in [5.74, 6) is 0.689. The van der Waals surface area contributed by atoms with Crippen LogP contribution in [0.2, 0.25) is 0 Å². The second-order valence-corrected chi connectivity index (χ2v) is 5.84. The van der Waals surface area contributed by atoms with Gasteiger partial charge in [0.15, 0.2) is 0 Å². The van der Waals surface area contributed by atoms with Gasteiger partial charge in [-0.15, -0.1) is 6.58 Å². The lowest BCUT2D eigenvalue weighted by molar-refractivity contribution is 0.132. The van der Waals surface area contributed by atoms with E-state index < -0.39 is 0 Å². The maximum atomic E-state index is 6.09. The molecule has 4 heteroatoms. The summed E-state index contributed by atoms with van der Waals surface area (Å²) in [6.07, 6.45) is 9.36. The van der Waals surface area contributed by atoms with Crippen LogP contribution in [-0.4, -0.2) is 34.6 Å². The van der Waals surface area contributed by atoms with E-state index >= 15 is 0 Å². The zero-order valence-corrected chi connectivity index (χ0v) is 14.0. The van der Waals surface area contributed by atoms with Gasteiger partial charge in [-0.3, -0.25) is 9.88 Å². The van der Waals surface area contributed by atoms with Crippen LogP contribution in [0.25, 0.3) is 0 Å². The first-order valence-corrected chi connectivity index (χ1v) is 7.95. The number of aryl methyl sites for hydroxylation is 1. The molecule has 0 bridgehead atoms. The van der Waals surface area contributed by atoms with Crippen molar-refractivity contribution in [2.45, 2.75) is 32.4 Å². The number of aromatic nitrogens is 2. The molecule has 0 unspecified atom stereocenters. The van der Waals surface area contributed by atoms with E-state index in [1.807, 2.05) is 37.4 Å². The molecule has 0 fully saturated rings. The van der Waals surface area contributed by atoms with Crippen molar-refractivity contribution in [3.8, 4) is 5.88 Å². The molecule has 1 atom stereocenters. The molecular weight excluding hydrogens is 286 g/mol. The third-order valence-electron chi connectivity index (χ3n) is 3.56. The highest BCUT2D eigenvalue weighted by Gasteiger charge is 2.14. The van der Waals surface area contributed by atoms with E-state index in [4.69, 9.17) is 4.74 Å². The molecule has 2 aromatic heterocycles. The Labute approximate surface area is 138 Å². The van der Waals surface area contributed by atoms with Gasteiger partial charge in [0.05, 0.1) is 0 Å². The normalized spacial score (nSPS) is 12.1. The lowest BCUT2D eigenvalue weighted by Gasteiger charge is -2.24. The first-order chi connectivity index (χ1) is 11.2. The molecule has 0 amide bonds. The summed E-state index contributed by atoms with van der Waals surface area (Å²) in [5.41, 5.74) is 2.35. The van der Waals surface area contributed by atoms with E-state index in [0.717, 1.165) is 31.5 Å². The van der Waals surface area contributed by atoms with E-state index in [1.54, 1.807) is 12.4 Å². The number of likely N-dealkylation sites (N-methyl/N-ethyl adjacent to an activating group) is 1. The van der Waals surface area contributed by atoms with Crippen LogP contribution in [0, 0.1) is 6.92 Å². The van der Waals surface area contributed by atoms with Gasteiger partial charge >= 0.3 is 0 Å². The number of nitrogens with zero attached hydrogens (tertiary/aromatic N) is 3. The summed E-state index contributed by atoms with van der Waals surface area (Å²) in [4.78, 5) is 10.7. The van der Waals surface area contributed by atoms with Crippen molar-refractivity contribution in [3.63, 3.8) is 0 Å². The number of hydrogen-bond donors (Lipinski definition) is 0. The Hall–Kier alpha value is -2.20. The first kappa shape index (κ1) is 17.2. The minimum absolute atomic E-state index is 0.0870. The highest BCUT2D eigenvalue weighted by atomic mass is 16.5. The van der Waals surface area contributed by atoms with Crippen molar-refractivity contribution >= 4 is 0 Å². The summed E-state index contributed by atoms with van der Waals surface area (Å²) in [5, 5.41) is 0. The average molecular weight is 311 g/mol. The minimum atomic E-state index is 0.0870. The molecule has 0 spiro atoms. The Kier molecular flexibility index (Phi) is 6.76. The fourth-order valence-corrected chi connectivity index (χ4v) is 2.45. The van der Waals surface area contributed by atoms with Crippen molar-refractivity contribution in [1.29, 1.82) is 0 Å². The van der Waals surface area contributed by atoms with Crippen LogP contribution < -0.4 is 4.74 Å². The molecule has 2 rings (SSSR count).